The number of nitrogens with one attached hydrogen (secondary N) is 1. The summed E-state index contributed by atoms with van der Waals surface area (Å²) in [4.78, 5) is 24.9. The second kappa shape index (κ2) is 11.1. The fourth-order valence-corrected chi connectivity index (χ4v) is 2.96. The van der Waals surface area contributed by atoms with Crippen LogP contribution in [0.2, 0.25) is 0 Å². The topological polar surface area (TPSA) is 110 Å². The van der Waals surface area contributed by atoms with Crippen LogP contribution in [0.15, 0.2) is 47.6 Å². The van der Waals surface area contributed by atoms with Crippen LogP contribution in [0.5, 0.6) is 11.5 Å². The van der Waals surface area contributed by atoms with Gasteiger partial charge in [-0.15, -0.1) is 0 Å². The number of aromatic carboxylic acids is 1. The number of nitrogens with zero attached hydrogens (tertiary/aromatic N) is 2. The fourth-order valence-electron chi connectivity index (χ4n) is 2.96. The minimum atomic E-state index is -0.969. The van der Waals surface area contributed by atoms with E-state index in [1.165, 1.54) is 25.5 Å². The summed E-state index contributed by atoms with van der Waals surface area (Å²) >= 11 is 0. The number of carbonyl (C=O) groups excluding carboxylic acids is 1. The molecule has 1 fully saturated rings. The highest BCUT2D eigenvalue weighted by molar-refractivity contribution is 5.87. The zero-order valence-corrected chi connectivity index (χ0v) is 17.2. The zero-order chi connectivity index (χ0) is 22.1. The SMILES string of the molecule is COc1cc(C=NNC(=O)CN2CCOCC2)ccc1OCc1ccc(C(=O)O)cc1. The number of hydrogen-bond acceptors (Lipinski definition) is 7. The third-order valence-electron chi connectivity index (χ3n) is 4.66. The molecule has 9 nitrogen and oxygen atoms in total. The third-order valence-corrected chi connectivity index (χ3v) is 4.66. The van der Waals surface area contributed by atoms with Crippen LogP contribution in [-0.2, 0) is 16.1 Å². The second-order valence-corrected chi connectivity index (χ2v) is 6.88. The summed E-state index contributed by atoms with van der Waals surface area (Å²) in [7, 11) is 1.54. The molecule has 0 radical (unpaired) electrons. The van der Waals surface area contributed by atoms with Crippen molar-refractivity contribution in [3.8, 4) is 11.5 Å². The van der Waals surface area contributed by atoms with Gasteiger partial charge in [-0.2, -0.15) is 5.10 Å². The molecule has 0 bridgehead atoms. The molecule has 0 spiro atoms. The number of morpholine rings is 1. The van der Waals surface area contributed by atoms with Crippen LogP contribution in [0.1, 0.15) is 21.5 Å². The van der Waals surface area contributed by atoms with Gasteiger partial charge in [0.25, 0.3) is 5.91 Å². The van der Waals surface area contributed by atoms with E-state index in [2.05, 4.69) is 10.5 Å². The molecule has 3 rings (SSSR count). The Kier molecular flexibility index (Phi) is 7.97. The Balaban J connectivity index is 1.53. The monoisotopic (exact) mass is 427 g/mol. The summed E-state index contributed by atoms with van der Waals surface area (Å²) in [6.07, 6.45) is 1.54. The highest BCUT2D eigenvalue weighted by Gasteiger charge is 2.13. The molecule has 2 aromatic rings. The first kappa shape index (κ1) is 22.3. The van der Waals surface area contributed by atoms with Gasteiger partial charge >= 0.3 is 5.97 Å². The minimum Gasteiger partial charge on any atom is -0.493 e. The number of carboxylic acid groups (broad SMARTS) is 1. The van der Waals surface area contributed by atoms with Gasteiger partial charge < -0.3 is 19.3 Å². The van der Waals surface area contributed by atoms with Crippen LogP contribution < -0.4 is 14.9 Å². The molecule has 164 valence electrons. The summed E-state index contributed by atoms with van der Waals surface area (Å²) in [5.41, 5.74) is 4.32. The summed E-state index contributed by atoms with van der Waals surface area (Å²) in [5, 5.41) is 13.0. The lowest BCUT2D eigenvalue weighted by atomic mass is 10.1. The number of rotatable bonds is 9. The van der Waals surface area contributed by atoms with Crippen molar-refractivity contribution in [3.63, 3.8) is 0 Å². The molecule has 0 aromatic heterocycles. The predicted molar refractivity (Wildman–Crippen MR) is 114 cm³/mol. The van der Waals surface area contributed by atoms with E-state index in [9.17, 15) is 9.59 Å². The highest BCUT2D eigenvalue weighted by Crippen LogP contribution is 2.28. The third kappa shape index (κ3) is 6.80. The Labute approximate surface area is 180 Å². The van der Waals surface area contributed by atoms with Crippen LogP contribution in [0.4, 0.5) is 0 Å². The van der Waals surface area contributed by atoms with Gasteiger partial charge in [0.2, 0.25) is 0 Å². The first-order valence-corrected chi connectivity index (χ1v) is 9.80. The summed E-state index contributed by atoms with van der Waals surface area (Å²) < 4.78 is 16.4. The quantitative estimate of drug-likeness (QED) is 0.463. The summed E-state index contributed by atoms with van der Waals surface area (Å²) in [6, 6.07) is 11.8. The van der Waals surface area contributed by atoms with Gasteiger partial charge in [-0.25, -0.2) is 10.2 Å². The van der Waals surface area contributed by atoms with Gasteiger partial charge in [-0.1, -0.05) is 12.1 Å². The molecule has 2 N–H and O–H groups in total. The van der Waals surface area contributed by atoms with E-state index >= 15 is 0 Å². The lowest BCUT2D eigenvalue weighted by molar-refractivity contribution is -0.123. The van der Waals surface area contributed by atoms with Crippen LogP contribution in [0.25, 0.3) is 0 Å². The van der Waals surface area contributed by atoms with Crippen molar-refractivity contribution < 1.29 is 28.9 Å². The Morgan fingerprint density at radius 2 is 1.90 bits per heavy atom. The molecule has 1 aliphatic rings. The first-order valence-electron chi connectivity index (χ1n) is 9.80. The molecule has 0 aliphatic carbocycles. The Hall–Kier alpha value is -3.43. The highest BCUT2D eigenvalue weighted by atomic mass is 16.5. The number of carbonyl (C=O) groups is 2. The minimum absolute atomic E-state index is 0.181. The molecular formula is C22H25N3O6. The lowest BCUT2D eigenvalue weighted by Gasteiger charge is -2.25. The van der Waals surface area contributed by atoms with E-state index < -0.39 is 5.97 Å². The molecule has 2 aromatic carbocycles. The van der Waals surface area contributed by atoms with E-state index in [0.717, 1.165) is 24.2 Å². The van der Waals surface area contributed by atoms with Gasteiger partial charge in [0, 0.05) is 13.1 Å². The normalized spacial score (nSPS) is 14.4. The molecular weight excluding hydrogens is 402 g/mol. The number of ether oxygens (including phenoxy) is 3. The number of hydrogen-bond donors (Lipinski definition) is 2. The predicted octanol–water partition coefficient (Wildman–Crippen LogP) is 1.75. The van der Waals surface area contributed by atoms with E-state index in [1.807, 2.05) is 4.90 Å². The van der Waals surface area contributed by atoms with Gasteiger partial charge in [-0.3, -0.25) is 9.69 Å². The average Bonchev–Trinajstić information content (AvgIpc) is 2.79. The molecule has 1 saturated heterocycles. The maximum absolute atomic E-state index is 12.0. The molecule has 31 heavy (non-hydrogen) atoms. The van der Waals surface area contributed by atoms with Crippen molar-refractivity contribution in [1.82, 2.24) is 10.3 Å². The molecule has 0 unspecified atom stereocenters. The summed E-state index contributed by atoms with van der Waals surface area (Å²) in [5.74, 6) is -0.0910. The van der Waals surface area contributed by atoms with Crippen LogP contribution >= 0.6 is 0 Å². The van der Waals surface area contributed by atoms with Crippen molar-refractivity contribution in [1.29, 1.82) is 0 Å². The van der Waals surface area contributed by atoms with Crippen molar-refractivity contribution in [2.75, 3.05) is 40.0 Å². The summed E-state index contributed by atoms with van der Waals surface area (Å²) in [6.45, 7) is 3.29. The van der Waals surface area contributed by atoms with Gasteiger partial charge in [0.15, 0.2) is 11.5 Å². The number of amides is 1. The van der Waals surface area contributed by atoms with E-state index in [-0.39, 0.29) is 24.6 Å². The van der Waals surface area contributed by atoms with Crippen LogP contribution in [0, 0.1) is 0 Å². The van der Waals surface area contributed by atoms with Gasteiger partial charge in [0.05, 0.1) is 38.6 Å². The number of hydrazone groups is 1. The van der Waals surface area contributed by atoms with Gasteiger partial charge in [0.1, 0.15) is 6.61 Å². The standard InChI is InChI=1S/C22H25N3O6/c1-29-20-12-17(13-23-24-21(26)14-25-8-10-30-11-9-25)4-7-19(20)31-15-16-2-5-18(6-3-16)22(27)28/h2-7,12-13H,8-11,14-15H2,1H3,(H,24,26)(H,27,28). The molecule has 0 saturated carbocycles. The largest absolute Gasteiger partial charge is 0.493 e. The average molecular weight is 427 g/mol. The van der Waals surface area contributed by atoms with E-state index in [4.69, 9.17) is 19.3 Å². The molecule has 1 aliphatic heterocycles. The maximum Gasteiger partial charge on any atom is 0.335 e. The smallest absolute Gasteiger partial charge is 0.335 e. The van der Waals surface area contributed by atoms with Crippen molar-refractivity contribution in [2.24, 2.45) is 5.10 Å². The fraction of sp³-hybridized carbons (Fsp3) is 0.318. The Morgan fingerprint density at radius 1 is 1.16 bits per heavy atom. The Bertz CT molecular complexity index is 923. The second-order valence-electron chi connectivity index (χ2n) is 6.88. The molecule has 9 heteroatoms. The number of methoxy groups -OCH3 is 1. The zero-order valence-electron chi connectivity index (χ0n) is 17.2. The van der Waals surface area contributed by atoms with Crippen molar-refractivity contribution in [3.05, 3.63) is 59.2 Å². The molecule has 1 amide bonds. The first-order chi connectivity index (χ1) is 15.0. The number of benzene rings is 2. The maximum atomic E-state index is 12.0. The molecule has 1 heterocycles. The van der Waals surface area contributed by atoms with Crippen LogP contribution in [0.3, 0.4) is 0 Å². The van der Waals surface area contributed by atoms with E-state index in [1.54, 1.807) is 30.3 Å². The van der Waals surface area contributed by atoms with Crippen LogP contribution in [-0.4, -0.2) is 68.1 Å². The van der Waals surface area contributed by atoms with Gasteiger partial charge in [-0.05, 0) is 41.5 Å². The number of carboxylic acids is 1. The lowest BCUT2D eigenvalue weighted by Crippen LogP contribution is -2.42. The van der Waals surface area contributed by atoms with Crippen molar-refractivity contribution >= 4 is 18.1 Å². The molecule has 0 atom stereocenters. The van der Waals surface area contributed by atoms with Crippen molar-refractivity contribution in [2.45, 2.75) is 6.61 Å². The Morgan fingerprint density at radius 3 is 2.58 bits per heavy atom. The van der Waals surface area contributed by atoms with E-state index in [0.29, 0.717) is 24.7 Å².